The molecule has 2 amide bonds. The van der Waals surface area contributed by atoms with Crippen LogP contribution in [0, 0.1) is 0 Å². The highest BCUT2D eigenvalue weighted by Crippen LogP contribution is 2.42. The lowest BCUT2D eigenvalue weighted by atomic mass is 9.95. The van der Waals surface area contributed by atoms with Gasteiger partial charge in [0.1, 0.15) is 37.1 Å². The quantitative estimate of drug-likeness (QED) is 0.340. The third-order valence-corrected chi connectivity index (χ3v) is 6.53. The molecule has 4 aliphatic heterocycles. The minimum Gasteiger partial charge on any atom is -0.463 e. The molecule has 4 rings (SSSR count). The number of amides is 2. The maximum absolute atomic E-state index is 12.7. The molecule has 4 saturated heterocycles. The van der Waals surface area contributed by atoms with E-state index in [2.05, 4.69) is 0 Å². The molecule has 0 aromatic rings. The van der Waals surface area contributed by atoms with Crippen molar-refractivity contribution in [1.82, 2.24) is 4.90 Å². The van der Waals surface area contributed by atoms with Crippen molar-refractivity contribution in [2.45, 2.75) is 109 Å². The van der Waals surface area contributed by atoms with Crippen LogP contribution in [0.4, 0.5) is 4.79 Å². The van der Waals surface area contributed by atoms with E-state index in [9.17, 15) is 19.2 Å². The maximum atomic E-state index is 12.7. The number of nitrogens with zero attached hydrogens (tertiary/aromatic N) is 1. The molecule has 4 aliphatic rings. The van der Waals surface area contributed by atoms with E-state index >= 15 is 0 Å². The normalized spacial score (nSPS) is 40.4. The number of ether oxygens (including phenoxy) is 9. The van der Waals surface area contributed by atoms with Gasteiger partial charge >= 0.3 is 18.0 Å². The lowest BCUT2D eigenvalue weighted by molar-refractivity contribution is -0.326. The van der Waals surface area contributed by atoms with Gasteiger partial charge in [-0.2, -0.15) is 0 Å². The van der Waals surface area contributed by atoms with Gasteiger partial charge in [0.05, 0.1) is 6.10 Å². The number of imide groups is 1. The van der Waals surface area contributed by atoms with Crippen LogP contribution in [-0.2, 0) is 57.0 Å². The van der Waals surface area contributed by atoms with E-state index in [0.29, 0.717) is 0 Å². The van der Waals surface area contributed by atoms with Crippen LogP contribution in [0.2, 0.25) is 0 Å². The fourth-order valence-corrected chi connectivity index (χ4v) is 5.16. The number of hydrogen-bond donors (Lipinski definition) is 0. The summed E-state index contributed by atoms with van der Waals surface area (Å²) in [5.41, 5.74) is 0. The van der Waals surface area contributed by atoms with Crippen LogP contribution in [0.5, 0.6) is 0 Å². The van der Waals surface area contributed by atoms with Crippen molar-refractivity contribution in [3.63, 3.8) is 0 Å². The smallest absolute Gasteiger partial charge is 0.417 e. The summed E-state index contributed by atoms with van der Waals surface area (Å²) in [5, 5.41) is 0. The van der Waals surface area contributed by atoms with Crippen LogP contribution in [0.15, 0.2) is 0 Å². The fraction of sp³-hybridized carbons (Fsp3) is 0.826. The Morgan fingerprint density at radius 1 is 0.946 bits per heavy atom. The summed E-state index contributed by atoms with van der Waals surface area (Å²) in [6, 6.07) is -1.12. The van der Waals surface area contributed by atoms with Crippen LogP contribution in [0.3, 0.4) is 0 Å². The first-order valence-corrected chi connectivity index (χ1v) is 12.0. The number of hydrogen-bond acceptors (Lipinski definition) is 13. The van der Waals surface area contributed by atoms with Crippen molar-refractivity contribution in [2.24, 2.45) is 0 Å². The molecule has 0 unspecified atom stereocenters. The second kappa shape index (κ2) is 10.4. The Morgan fingerprint density at radius 3 is 2.22 bits per heavy atom. The number of carbonyl (C=O) groups excluding carboxylic acids is 4. The number of fused-ring (bicyclic) bond motifs is 2. The highest BCUT2D eigenvalue weighted by molar-refractivity contribution is 5.92. The number of esters is 2. The predicted molar refractivity (Wildman–Crippen MR) is 117 cm³/mol. The third-order valence-electron chi connectivity index (χ3n) is 6.53. The van der Waals surface area contributed by atoms with Crippen molar-refractivity contribution >= 4 is 23.9 Å². The van der Waals surface area contributed by atoms with Crippen LogP contribution >= 0.6 is 0 Å². The molecule has 0 aromatic heterocycles. The molecule has 0 N–H and O–H groups in total. The Kier molecular flexibility index (Phi) is 7.79. The largest absolute Gasteiger partial charge is 0.463 e. The molecule has 4 fully saturated rings. The van der Waals surface area contributed by atoms with Crippen molar-refractivity contribution in [3.05, 3.63) is 0 Å². The Labute approximate surface area is 213 Å². The van der Waals surface area contributed by atoms with Gasteiger partial charge in [-0.05, 0) is 20.8 Å². The topological polar surface area (TPSA) is 155 Å². The van der Waals surface area contributed by atoms with Crippen molar-refractivity contribution < 1.29 is 61.8 Å². The summed E-state index contributed by atoms with van der Waals surface area (Å²) >= 11 is 0. The van der Waals surface area contributed by atoms with Crippen molar-refractivity contribution in [3.8, 4) is 0 Å². The zero-order valence-corrected chi connectivity index (χ0v) is 21.7. The zero-order chi connectivity index (χ0) is 27.2. The summed E-state index contributed by atoms with van der Waals surface area (Å²) in [7, 11) is 1.49. The predicted octanol–water partition coefficient (Wildman–Crippen LogP) is 0.239. The van der Waals surface area contributed by atoms with Gasteiger partial charge < -0.3 is 42.6 Å². The standard InChI is InChI=1S/C23H33NO13/c1-9-15(18-19(21(29-7)31-9)37-23(5,6)36-18)34-20-14-17(35-22(28)24(14)10(2)25)16(32-12(4)27)13(33-20)8-30-11(3)26/h9,13-21H,8H2,1-7H3/t9-,13+,14+,15-,16+,17+,18+,19+,20+,21+/m0/s1. The Bertz CT molecular complexity index is 924. The van der Waals surface area contributed by atoms with Gasteiger partial charge in [0.15, 0.2) is 30.6 Å². The summed E-state index contributed by atoms with van der Waals surface area (Å²) in [6.07, 6.45) is -9.04. The van der Waals surface area contributed by atoms with Gasteiger partial charge in [0, 0.05) is 27.9 Å². The van der Waals surface area contributed by atoms with Gasteiger partial charge in [0.2, 0.25) is 5.91 Å². The second-order valence-corrected chi connectivity index (χ2v) is 9.76. The van der Waals surface area contributed by atoms with Gasteiger partial charge in [-0.25, -0.2) is 9.69 Å². The summed E-state index contributed by atoms with van der Waals surface area (Å²) in [6.45, 7) is 8.48. The maximum Gasteiger partial charge on any atom is 0.417 e. The molecule has 4 heterocycles. The molecule has 0 spiro atoms. The minimum absolute atomic E-state index is 0.324. The molecule has 10 atom stereocenters. The van der Waals surface area contributed by atoms with E-state index in [1.165, 1.54) is 27.9 Å². The van der Waals surface area contributed by atoms with Gasteiger partial charge in [-0.3, -0.25) is 14.4 Å². The molecule has 0 radical (unpaired) electrons. The molecular weight excluding hydrogens is 498 g/mol. The molecule has 0 saturated carbocycles. The van der Waals surface area contributed by atoms with Crippen LogP contribution in [-0.4, -0.2) is 110 Å². The first kappa shape index (κ1) is 27.7. The van der Waals surface area contributed by atoms with Crippen molar-refractivity contribution in [2.75, 3.05) is 13.7 Å². The van der Waals surface area contributed by atoms with Crippen molar-refractivity contribution in [1.29, 1.82) is 0 Å². The molecule has 208 valence electrons. The van der Waals surface area contributed by atoms with E-state index in [1.54, 1.807) is 20.8 Å². The van der Waals surface area contributed by atoms with E-state index in [0.717, 1.165) is 4.90 Å². The van der Waals surface area contributed by atoms with Crippen LogP contribution < -0.4 is 0 Å². The lowest BCUT2D eigenvalue weighted by Crippen LogP contribution is -2.65. The average Bonchev–Trinajstić information content (AvgIpc) is 3.31. The van der Waals surface area contributed by atoms with E-state index < -0.39 is 91.1 Å². The molecule has 0 bridgehead atoms. The first-order chi connectivity index (χ1) is 17.3. The molecule has 0 aliphatic carbocycles. The van der Waals surface area contributed by atoms with Gasteiger partial charge in [-0.1, -0.05) is 0 Å². The summed E-state index contributed by atoms with van der Waals surface area (Å²) in [4.78, 5) is 49.4. The van der Waals surface area contributed by atoms with Crippen LogP contribution in [0.1, 0.15) is 41.5 Å². The molecule has 14 heteroatoms. The lowest BCUT2D eigenvalue weighted by Gasteiger charge is -2.46. The highest BCUT2D eigenvalue weighted by Gasteiger charge is 2.62. The summed E-state index contributed by atoms with van der Waals surface area (Å²) in [5.74, 6) is -2.87. The van der Waals surface area contributed by atoms with Gasteiger partial charge in [-0.15, -0.1) is 0 Å². The molecule has 0 aromatic carbocycles. The second-order valence-electron chi connectivity index (χ2n) is 9.76. The average molecular weight is 532 g/mol. The van der Waals surface area contributed by atoms with Crippen LogP contribution in [0.25, 0.3) is 0 Å². The molecule has 37 heavy (non-hydrogen) atoms. The third kappa shape index (κ3) is 5.45. The first-order valence-electron chi connectivity index (χ1n) is 12.0. The fourth-order valence-electron chi connectivity index (χ4n) is 5.16. The van der Waals surface area contributed by atoms with Gasteiger partial charge in [0.25, 0.3) is 0 Å². The highest BCUT2D eigenvalue weighted by atomic mass is 16.8. The number of rotatable bonds is 6. The van der Waals surface area contributed by atoms with E-state index in [1.807, 2.05) is 0 Å². The molecular formula is C23H33NO13. The number of carbonyl (C=O) groups is 4. The SMILES string of the molecule is CO[C@@H]1O[C@@H](C)[C@H](O[C@H]2O[C@H](COC(C)=O)[C@@H](OC(C)=O)[C@@H]3OC(=O)N(C(C)=O)[C@@H]23)[C@H]2OC(C)(C)O[C@@H]12. The van der Waals surface area contributed by atoms with E-state index in [4.69, 9.17) is 42.6 Å². The number of methoxy groups -OCH3 is 1. The Hall–Kier alpha value is -2.36. The monoisotopic (exact) mass is 531 g/mol. The Balaban J connectivity index is 1.67. The summed E-state index contributed by atoms with van der Waals surface area (Å²) < 4.78 is 51.9. The minimum atomic E-state index is -1.28. The molecule has 14 nitrogen and oxygen atoms in total. The Morgan fingerprint density at radius 2 is 1.62 bits per heavy atom. The van der Waals surface area contributed by atoms with E-state index in [-0.39, 0.29) is 6.61 Å². The zero-order valence-electron chi connectivity index (χ0n) is 21.7.